The monoisotopic (exact) mass is 227 g/mol. The van der Waals surface area contributed by atoms with E-state index in [0.29, 0.717) is 12.1 Å². The van der Waals surface area contributed by atoms with Gasteiger partial charge in [-0.1, -0.05) is 46.0 Å². The number of hydrogen-bond acceptors (Lipinski definition) is 2. The van der Waals surface area contributed by atoms with E-state index in [1.165, 1.54) is 32.1 Å². The van der Waals surface area contributed by atoms with Gasteiger partial charge in [-0.05, 0) is 25.7 Å². The van der Waals surface area contributed by atoms with E-state index in [0.717, 1.165) is 18.8 Å². The van der Waals surface area contributed by atoms with Gasteiger partial charge in [0.2, 0.25) is 0 Å². The molecule has 1 aliphatic rings. The summed E-state index contributed by atoms with van der Waals surface area (Å²) in [6, 6.07) is 0.867. The van der Waals surface area contributed by atoms with Crippen LogP contribution in [0.5, 0.6) is 0 Å². The fourth-order valence-corrected chi connectivity index (χ4v) is 2.95. The van der Waals surface area contributed by atoms with Gasteiger partial charge in [0.15, 0.2) is 0 Å². The molecule has 0 aliphatic heterocycles. The minimum absolute atomic E-state index is 0.126. The number of rotatable bonds is 5. The van der Waals surface area contributed by atoms with Crippen molar-refractivity contribution < 1.29 is 5.11 Å². The van der Waals surface area contributed by atoms with Gasteiger partial charge in [-0.2, -0.15) is 0 Å². The van der Waals surface area contributed by atoms with Gasteiger partial charge in [0.05, 0.1) is 6.10 Å². The Morgan fingerprint density at radius 1 is 1.12 bits per heavy atom. The van der Waals surface area contributed by atoms with E-state index in [9.17, 15) is 5.11 Å². The first kappa shape index (κ1) is 14.0. The van der Waals surface area contributed by atoms with Gasteiger partial charge in [-0.3, -0.25) is 0 Å². The number of aliphatic hydroxyl groups is 1. The molecular weight excluding hydrogens is 198 g/mol. The zero-order valence-electron chi connectivity index (χ0n) is 11.2. The van der Waals surface area contributed by atoms with Crippen LogP contribution in [0.25, 0.3) is 0 Å². The maximum atomic E-state index is 10.1. The molecule has 96 valence electrons. The minimum atomic E-state index is -0.126. The van der Waals surface area contributed by atoms with Crippen LogP contribution >= 0.6 is 0 Å². The fraction of sp³-hybridized carbons (Fsp3) is 1.00. The molecule has 1 rings (SSSR count). The van der Waals surface area contributed by atoms with E-state index in [1.807, 2.05) is 0 Å². The number of nitrogens with one attached hydrogen (secondary N) is 1. The van der Waals surface area contributed by atoms with Crippen molar-refractivity contribution in [2.24, 2.45) is 5.92 Å². The molecule has 0 saturated heterocycles. The molecule has 0 aromatic rings. The van der Waals surface area contributed by atoms with E-state index in [2.05, 4.69) is 26.1 Å². The van der Waals surface area contributed by atoms with Gasteiger partial charge in [0.1, 0.15) is 0 Å². The zero-order chi connectivity index (χ0) is 12.0. The molecule has 0 heterocycles. The molecule has 2 heteroatoms. The number of hydrogen-bond donors (Lipinski definition) is 2. The molecule has 3 unspecified atom stereocenters. The molecule has 0 aromatic carbocycles. The van der Waals surface area contributed by atoms with Crippen LogP contribution in [0.1, 0.15) is 65.7 Å². The van der Waals surface area contributed by atoms with Gasteiger partial charge < -0.3 is 10.4 Å². The van der Waals surface area contributed by atoms with Crippen molar-refractivity contribution in [3.8, 4) is 0 Å². The van der Waals surface area contributed by atoms with Crippen LogP contribution in [-0.2, 0) is 0 Å². The van der Waals surface area contributed by atoms with Crippen LogP contribution in [0.2, 0.25) is 0 Å². The summed E-state index contributed by atoms with van der Waals surface area (Å²) in [4.78, 5) is 0. The summed E-state index contributed by atoms with van der Waals surface area (Å²) in [7, 11) is 0. The molecule has 0 radical (unpaired) electrons. The van der Waals surface area contributed by atoms with Crippen LogP contribution < -0.4 is 5.32 Å². The van der Waals surface area contributed by atoms with Crippen LogP contribution in [0.15, 0.2) is 0 Å². The van der Waals surface area contributed by atoms with Crippen LogP contribution in [0.3, 0.4) is 0 Å². The Hall–Kier alpha value is -0.0800. The predicted octanol–water partition coefficient (Wildman–Crippen LogP) is 3.09. The third kappa shape index (κ3) is 4.06. The number of aliphatic hydroxyl groups excluding tert-OH is 1. The minimum Gasteiger partial charge on any atom is -0.392 e. The summed E-state index contributed by atoms with van der Waals surface area (Å²) in [5, 5.41) is 13.7. The van der Waals surface area contributed by atoms with Crippen LogP contribution in [0, 0.1) is 5.92 Å². The van der Waals surface area contributed by atoms with Crippen molar-refractivity contribution in [3.63, 3.8) is 0 Å². The van der Waals surface area contributed by atoms with Crippen LogP contribution in [-0.4, -0.2) is 23.3 Å². The Balaban J connectivity index is 2.43. The second kappa shape index (κ2) is 7.29. The molecule has 1 aliphatic carbocycles. The van der Waals surface area contributed by atoms with Crippen molar-refractivity contribution in [2.75, 3.05) is 0 Å². The molecule has 0 amide bonds. The molecule has 0 bridgehead atoms. The maximum Gasteiger partial charge on any atom is 0.0693 e. The molecule has 0 spiro atoms. The topological polar surface area (TPSA) is 32.3 Å². The highest BCUT2D eigenvalue weighted by Crippen LogP contribution is 2.20. The molecular formula is C14H29NO. The summed E-state index contributed by atoms with van der Waals surface area (Å²) in [5.41, 5.74) is 0. The van der Waals surface area contributed by atoms with Crippen molar-refractivity contribution in [2.45, 2.75) is 83.9 Å². The third-order valence-electron chi connectivity index (χ3n) is 4.21. The summed E-state index contributed by atoms with van der Waals surface area (Å²) >= 11 is 0. The first-order chi connectivity index (χ1) is 7.69. The molecule has 16 heavy (non-hydrogen) atoms. The summed E-state index contributed by atoms with van der Waals surface area (Å²) in [6.45, 7) is 6.79. The smallest absolute Gasteiger partial charge is 0.0693 e. The van der Waals surface area contributed by atoms with Crippen molar-refractivity contribution in [1.82, 2.24) is 5.32 Å². The normalized spacial score (nSPS) is 29.1. The standard InChI is InChI=1S/C14H29NO/c1-4-12(5-2)11(3)15-13-9-7-6-8-10-14(13)16/h11-16H,4-10H2,1-3H3. The highest BCUT2D eigenvalue weighted by atomic mass is 16.3. The molecule has 2 N–H and O–H groups in total. The molecule has 1 fully saturated rings. The van der Waals surface area contributed by atoms with Gasteiger partial charge in [0.25, 0.3) is 0 Å². The van der Waals surface area contributed by atoms with Gasteiger partial charge >= 0.3 is 0 Å². The quantitative estimate of drug-likeness (QED) is 0.707. The largest absolute Gasteiger partial charge is 0.392 e. The lowest BCUT2D eigenvalue weighted by Crippen LogP contribution is -2.46. The third-order valence-corrected chi connectivity index (χ3v) is 4.21. The van der Waals surface area contributed by atoms with Crippen molar-refractivity contribution >= 4 is 0 Å². The van der Waals surface area contributed by atoms with Crippen LogP contribution in [0.4, 0.5) is 0 Å². The van der Waals surface area contributed by atoms with Crippen molar-refractivity contribution in [3.05, 3.63) is 0 Å². The lowest BCUT2D eigenvalue weighted by atomic mass is 9.93. The Kier molecular flexibility index (Phi) is 6.37. The highest BCUT2D eigenvalue weighted by molar-refractivity contribution is 4.83. The van der Waals surface area contributed by atoms with E-state index in [1.54, 1.807) is 0 Å². The summed E-state index contributed by atoms with van der Waals surface area (Å²) in [5.74, 6) is 0.746. The molecule has 1 saturated carbocycles. The van der Waals surface area contributed by atoms with E-state index >= 15 is 0 Å². The lowest BCUT2D eigenvalue weighted by Gasteiger charge is -2.30. The van der Waals surface area contributed by atoms with E-state index in [4.69, 9.17) is 0 Å². The van der Waals surface area contributed by atoms with Gasteiger partial charge in [-0.15, -0.1) is 0 Å². The fourth-order valence-electron chi connectivity index (χ4n) is 2.95. The second-order valence-corrected chi connectivity index (χ2v) is 5.34. The lowest BCUT2D eigenvalue weighted by molar-refractivity contribution is 0.108. The molecule has 2 nitrogen and oxygen atoms in total. The molecule has 3 atom stereocenters. The first-order valence-electron chi connectivity index (χ1n) is 7.13. The SMILES string of the molecule is CCC(CC)C(C)NC1CCCCCC1O. The average Bonchev–Trinajstić information content (AvgIpc) is 2.46. The average molecular weight is 227 g/mol. The van der Waals surface area contributed by atoms with Crippen molar-refractivity contribution in [1.29, 1.82) is 0 Å². The Bertz CT molecular complexity index is 180. The van der Waals surface area contributed by atoms with Gasteiger partial charge in [0, 0.05) is 12.1 Å². The Morgan fingerprint density at radius 3 is 2.38 bits per heavy atom. The zero-order valence-corrected chi connectivity index (χ0v) is 11.2. The molecule has 0 aromatic heterocycles. The Morgan fingerprint density at radius 2 is 1.75 bits per heavy atom. The van der Waals surface area contributed by atoms with Gasteiger partial charge in [-0.25, -0.2) is 0 Å². The predicted molar refractivity (Wildman–Crippen MR) is 69.5 cm³/mol. The maximum absolute atomic E-state index is 10.1. The first-order valence-corrected chi connectivity index (χ1v) is 7.13. The highest BCUT2D eigenvalue weighted by Gasteiger charge is 2.24. The summed E-state index contributed by atoms with van der Waals surface area (Å²) < 4.78 is 0. The Labute approximate surface area is 101 Å². The second-order valence-electron chi connectivity index (χ2n) is 5.34. The summed E-state index contributed by atoms with van der Waals surface area (Å²) in [6.07, 6.45) is 8.21. The van der Waals surface area contributed by atoms with E-state index in [-0.39, 0.29) is 6.10 Å². The van der Waals surface area contributed by atoms with E-state index < -0.39 is 0 Å².